The van der Waals surface area contributed by atoms with Gasteiger partial charge in [0.25, 0.3) is 0 Å². The third kappa shape index (κ3) is 2.08. The molecule has 0 aliphatic heterocycles. The summed E-state index contributed by atoms with van der Waals surface area (Å²) in [5, 5.41) is 2.87. The lowest BCUT2D eigenvalue weighted by molar-refractivity contribution is 0.411. The molecule has 0 bridgehead atoms. The highest BCUT2D eigenvalue weighted by Crippen LogP contribution is 2.25. The highest BCUT2D eigenvalue weighted by atomic mass is 32.1. The Morgan fingerprint density at radius 3 is 2.81 bits per heavy atom. The van der Waals surface area contributed by atoms with Crippen LogP contribution < -0.4 is 10.5 Å². The number of nitrogens with zero attached hydrogens (tertiary/aromatic N) is 1. The minimum Gasteiger partial charge on any atom is -0.496 e. The molecule has 84 valence electrons. The van der Waals surface area contributed by atoms with E-state index in [2.05, 4.69) is 4.98 Å². The van der Waals surface area contributed by atoms with E-state index in [-0.39, 0.29) is 6.04 Å². The monoisotopic (exact) mass is 234 g/mol. The molecular weight excluding hydrogens is 220 g/mol. The molecule has 0 amide bonds. The summed E-state index contributed by atoms with van der Waals surface area (Å²) < 4.78 is 5.22. The molecule has 1 aromatic heterocycles. The molecule has 0 aliphatic rings. The van der Waals surface area contributed by atoms with E-state index in [4.69, 9.17) is 10.5 Å². The van der Waals surface area contributed by atoms with Gasteiger partial charge in [-0.05, 0) is 24.1 Å². The van der Waals surface area contributed by atoms with Crippen molar-refractivity contribution in [1.82, 2.24) is 4.98 Å². The quantitative estimate of drug-likeness (QED) is 0.887. The molecule has 16 heavy (non-hydrogen) atoms. The van der Waals surface area contributed by atoms with Crippen molar-refractivity contribution in [3.05, 3.63) is 45.9 Å². The number of rotatable bonds is 3. The van der Waals surface area contributed by atoms with Crippen molar-refractivity contribution in [1.29, 1.82) is 0 Å². The predicted octanol–water partition coefficient (Wildman–Crippen LogP) is 2.51. The van der Waals surface area contributed by atoms with Crippen LogP contribution >= 0.6 is 11.3 Å². The van der Waals surface area contributed by atoms with Crippen molar-refractivity contribution in [3.8, 4) is 5.75 Å². The van der Waals surface area contributed by atoms with E-state index in [1.807, 2.05) is 30.5 Å². The molecule has 0 radical (unpaired) electrons. The van der Waals surface area contributed by atoms with Gasteiger partial charge in [-0.25, -0.2) is 4.98 Å². The number of methoxy groups -OCH3 is 1. The maximum atomic E-state index is 6.13. The normalized spacial score (nSPS) is 12.4. The lowest BCUT2D eigenvalue weighted by Gasteiger charge is -2.11. The maximum Gasteiger partial charge on any atom is 0.121 e. The number of aromatic nitrogens is 1. The summed E-state index contributed by atoms with van der Waals surface area (Å²) in [6, 6.07) is 5.82. The fourth-order valence-electron chi connectivity index (χ4n) is 1.63. The Bertz CT molecular complexity index is 468. The smallest absolute Gasteiger partial charge is 0.121 e. The first-order chi connectivity index (χ1) is 7.72. The molecule has 0 saturated heterocycles. The molecule has 2 aromatic rings. The Balaban J connectivity index is 2.31. The molecule has 0 fully saturated rings. The molecule has 0 saturated carbocycles. The SMILES string of the molecule is COc1ccc(C(N)c2nccs2)cc1C. The summed E-state index contributed by atoms with van der Waals surface area (Å²) in [6.45, 7) is 2.01. The Morgan fingerprint density at radius 2 is 2.25 bits per heavy atom. The van der Waals surface area contributed by atoms with Gasteiger partial charge in [-0.1, -0.05) is 12.1 Å². The number of hydrogen-bond acceptors (Lipinski definition) is 4. The summed E-state index contributed by atoms with van der Waals surface area (Å²) in [7, 11) is 1.67. The predicted molar refractivity (Wildman–Crippen MR) is 65.9 cm³/mol. The van der Waals surface area contributed by atoms with Gasteiger partial charge in [0.15, 0.2) is 0 Å². The fourth-order valence-corrected chi connectivity index (χ4v) is 2.29. The van der Waals surface area contributed by atoms with Crippen LogP contribution in [0.5, 0.6) is 5.75 Å². The Labute approximate surface area is 98.9 Å². The minimum absolute atomic E-state index is 0.149. The molecule has 0 spiro atoms. The zero-order valence-corrected chi connectivity index (χ0v) is 10.1. The first-order valence-electron chi connectivity index (χ1n) is 5.02. The van der Waals surface area contributed by atoms with Gasteiger partial charge >= 0.3 is 0 Å². The maximum absolute atomic E-state index is 6.13. The van der Waals surface area contributed by atoms with Gasteiger partial charge in [0.2, 0.25) is 0 Å². The largest absolute Gasteiger partial charge is 0.496 e. The van der Waals surface area contributed by atoms with E-state index in [1.54, 1.807) is 24.6 Å². The van der Waals surface area contributed by atoms with Gasteiger partial charge in [0.1, 0.15) is 10.8 Å². The molecule has 2 N–H and O–H groups in total. The highest BCUT2D eigenvalue weighted by Gasteiger charge is 2.12. The van der Waals surface area contributed by atoms with E-state index >= 15 is 0 Å². The van der Waals surface area contributed by atoms with Crippen LogP contribution in [-0.2, 0) is 0 Å². The summed E-state index contributed by atoms with van der Waals surface area (Å²) in [5.41, 5.74) is 8.28. The molecule has 3 nitrogen and oxygen atoms in total. The summed E-state index contributed by atoms with van der Waals surface area (Å²) in [5.74, 6) is 0.884. The highest BCUT2D eigenvalue weighted by molar-refractivity contribution is 7.09. The zero-order valence-electron chi connectivity index (χ0n) is 9.31. The lowest BCUT2D eigenvalue weighted by atomic mass is 10.0. The van der Waals surface area contributed by atoms with Gasteiger partial charge in [-0.2, -0.15) is 0 Å². The minimum atomic E-state index is -0.149. The second-order valence-electron chi connectivity index (χ2n) is 3.58. The second-order valence-corrected chi connectivity index (χ2v) is 4.50. The summed E-state index contributed by atoms with van der Waals surface area (Å²) in [6.07, 6.45) is 1.77. The molecule has 1 unspecified atom stereocenters. The molecule has 0 aliphatic carbocycles. The van der Waals surface area contributed by atoms with Crippen LogP contribution in [0.3, 0.4) is 0 Å². The summed E-state index contributed by atoms with van der Waals surface area (Å²) in [4.78, 5) is 4.23. The van der Waals surface area contributed by atoms with Crippen molar-refractivity contribution in [2.45, 2.75) is 13.0 Å². The van der Waals surface area contributed by atoms with Crippen LogP contribution in [-0.4, -0.2) is 12.1 Å². The van der Waals surface area contributed by atoms with Gasteiger partial charge in [0.05, 0.1) is 13.2 Å². The summed E-state index contributed by atoms with van der Waals surface area (Å²) >= 11 is 1.57. The Kier molecular flexibility index (Phi) is 3.22. The number of thiazole rings is 1. The molecular formula is C12H14N2OS. The van der Waals surface area contributed by atoms with Crippen molar-refractivity contribution >= 4 is 11.3 Å². The number of benzene rings is 1. The third-order valence-electron chi connectivity index (χ3n) is 2.50. The second kappa shape index (κ2) is 4.63. The van der Waals surface area contributed by atoms with E-state index in [0.29, 0.717) is 0 Å². The molecule has 1 heterocycles. The van der Waals surface area contributed by atoms with E-state index in [9.17, 15) is 0 Å². The van der Waals surface area contributed by atoms with Crippen LogP contribution in [0.4, 0.5) is 0 Å². The first-order valence-corrected chi connectivity index (χ1v) is 5.90. The average Bonchev–Trinajstić information content (AvgIpc) is 2.81. The Hall–Kier alpha value is -1.39. The number of nitrogens with two attached hydrogens (primary N) is 1. The topological polar surface area (TPSA) is 48.1 Å². The number of hydrogen-bond donors (Lipinski definition) is 1. The van der Waals surface area contributed by atoms with Gasteiger partial charge in [0, 0.05) is 11.6 Å². The van der Waals surface area contributed by atoms with Crippen LogP contribution in [0.25, 0.3) is 0 Å². The standard InChI is InChI=1S/C12H14N2OS/c1-8-7-9(3-4-10(8)15-2)11(13)12-14-5-6-16-12/h3-7,11H,13H2,1-2H3. The van der Waals surface area contributed by atoms with Crippen molar-refractivity contribution < 1.29 is 4.74 Å². The average molecular weight is 234 g/mol. The van der Waals surface area contributed by atoms with E-state index in [1.165, 1.54) is 0 Å². The van der Waals surface area contributed by atoms with Crippen LogP contribution in [0.1, 0.15) is 22.2 Å². The molecule has 1 aromatic carbocycles. The fraction of sp³-hybridized carbons (Fsp3) is 0.250. The van der Waals surface area contributed by atoms with Gasteiger partial charge in [-0.15, -0.1) is 11.3 Å². The van der Waals surface area contributed by atoms with Crippen LogP contribution in [0.15, 0.2) is 29.8 Å². The third-order valence-corrected chi connectivity index (χ3v) is 3.35. The molecule has 2 rings (SSSR count). The van der Waals surface area contributed by atoms with Crippen LogP contribution in [0.2, 0.25) is 0 Å². The Morgan fingerprint density at radius 1 is 1.44 bits per heavy atom. The van der Waals surface area contributed by atoms with E-state index in [0.717, 1.165) is 21.9 Å². The van der Waals surface area contributed by atoms with Crippen molar-refractivity contribution in [3.63, 3.8) is 0 Å². The number of ether oxygens (including phenoxy) is 1. The van der Waals surface area contributed by atoms with Crippen molar-refractivity contribution in [2.24, 2.45) is 5.73 Å². The van der Waals surface area contributed by atoms with Gasteiger partial charge in [-0.3, -0.25) is 0 Å². The van der Waals surface area contributed by atoms with E-state index < -0.39 is 0 Å². The van der Waals surface area contributed by atoms with Crippen molar-refractivity contribution in [2.75, 3.05) is 7.11 Å². The molecule has 4 heteroatoms. The molecule has 1 atom stereocenters. The van der Waals surface area contributed by atoms with Gasteiger partial charge < -0.3 is 10.5 Å². The number of aryl methyl sites for hydroxylation is 1. The zero-order chi connectivity index (χ0) is 11.5. The van der Waals surface area contributed by atoms with Crippen LogP contribution in [0, 0.1) is 6.92 Å². The first kappa shape index (κ1) is 11.1. The lowest BCUT2D eigenvalue weighted by Crippen LogP contribution is -2.11.